The summed E-state index contributed by atoms with van der Waals surface area (Å²) in [6.45, 7) is 3.38. The molecule has 0 atom stereocenters. The first-order chi connectivity index (χ1) is 15.5. The van der Waals surface area contributed by atoms with Crippen LogP contribution < -0.4 is 4.90 Å². The van der Waals surface area contributed by atoms with Crippen molar-refractivity contribution in [2.24, 2.45) is 0 Å². The lowest BCUT2D eigenvalue weighted by molar-refractivity contribution is -0.123. The van der Waals surface area contributed by atoms with Gasteiger partial charge in [-0.3, -0.25) is 4.79 Å². The highest BCUT2D eigenvalue weighted by Gasteiger charge is 2.52. The number of imide groups is 1. The molecule has 0 saturated carbocycles. The molecule has 0 radical (unpaired) electrons. The monoisotopic (exact) mass is 511 g/mol. The molecule has 0 spiro atoms. The van der Waals surface area contributed by atoms with Crippen LogP contribution in [0.4, 0.5) is 23.7 Å². The SMILES string of the molecule is CC1(C)C(=O)N(c2ccc(SC(F)(F)F)cc2)C(=O)N1Cc1csc(-c2ccc(Cl)cc2)n1. The number of hydrogen-bond acceptors (Lipinski definition) is 5. The van der Waals surface area contributed by atoms with Gasteiger partial charge in [-0.2, -0.15) is 13.2 Å². The van der Waals surface area contributed by atoms with Gasteiger partial charge in [0, 0.05) is 20.9 Å². The standard InChI is InChI=1S/C22H17ClF3N3O2S2/c1-21(2)19(30)29(16-7-9-17(10-8-16)33-22(24,25)26)20(31)28(21)11-15-12-32-18(27-15)13-3-5-14(23)6-4-13/h3-10,12H,11H2,1-2H3. The first-order valence-electron chi connectivity index (χ1n) is 9.68. The van der Waals surface area contributed by atoms with Gasteiger partial charge in [-0.1, -0.05) is 23.7 Å². The first kappa shape index (κ1) is 23.6. The van der Waals surface area contributed by atoms with Crippen molar-refractivity contribution in [3.05, 3.63) is 64.6 Å². The predicted molar refractivity (Wildman–Crippen MR) is 123 cm³/mol. The van der Waals surface area contributed by atoms with Crippen LogP contribution in [0.5, 0.6) is 0 Å². The Kier molecular flexibility index (Phi) is 6.19. The summed E-state index contributed by atoms with van der Waals surface area (Å²) in [5.74, 6) is -0.461. The summed E-state index contributed by atoms with van der Waals surface area (Å²) in [5, 5.41) is 3.19. The van der Waals surface area contributed by atoms with Gasteiger partial charge in [-0.15, -0.1) is 11.3 Å². The Morgan fingerprint density at radius 2 is 1.70 bits per heavy atom. The highest BCUT2D eigenvalue weighted by atomic mass is 35.5. The summed E-state index contributed by atoms with van der Waals surface area (Å²) in [5.41, 5.74) is -3.85. The zero-order valence-electron chi connectivity index (χ0n) is 17.4. The number of alkyl halides is 3. The van der Waals surface area contributed by atoms with Crippen molar-refractivity contribution in [3.8, 4) is 10.6 Å². The molecule has 4 rings (SSSR count). The number of anilines is 1. The maximum Gasteiger partial charge on any atom is 0.446 e. The van der Waals surface area contributed by atoms with Crippen LogP contribution in [0.25, 0.3) is 10.6 Å². The molecule has 2 heterocycles. The Bertz CT molecular complexity index is 1190. The Morgan fingerprint density at radius 3 is 2.30 bits per heavy atom. The molecule has 1 saturated heterocycles. The molecule has 0 bridgehead atoms. The zero-order valence-corrected chi connectivity index (χ0v) is 19.8. The van der Waals surface area contributed by atoms with Crippen LogP contribution in [0.15, 0.2) is 58.8 Å². The maximum atomic E-state index is 13.2. The number of thiazole rings is 1. The van der Waals surface area contributed by atoms with Gasteiger partial charge in [0.15, 0.2) is 0 Å². The van der Waals surface area contributed by atoms with E-state index in [1.54, 1.807) is 26.0 Å². The second kappa shape index (κ2) is 8.66. The van der Waals surface area contributed by atoms with E-state index in [4.69, 9.17) is 11.6 Å². The number of thioether (sulfide) groups is 1. The van der Waals surface area contributed by atoms with Crippen molar-refractivity contribution in [2.75, 3.05) is 4.90 Å². The molecule has 5 nitrogen and oxygen atoms in total. The molecule has 0 unspecified atom stereocenters. The molecule has 172 valence electrons. The van der Waals surface area contributed by atoms with E-state index in [1.165, 1.54) is 40.5 Å². The Morgan fingerprint density at radius 1 is 1.06 bits per heavy atom. The predicted octanol–water partition coefficient (Wildman–Crippen LogP) is 6.82. The topological polar surface area (TPSA) is 53.5 Å². The Balaban J connectivity index is 1.55. The molecule has 0 aliphatic carbocycles. The second-order valence-corrected chi connectivity index (χ2v) is 10.2. The summed E-state index contributed by atoms with van der Waals surface area (Å²) in [4.78, 5) is 33.2. The van der Waals surface area contributed by atoms with Gasteiger partial charge in [-0.05, 0) is 62.0 Å². The lowest BCUT2D eigenvalue weighted by Crippen LogP contribution is -2.43. The summed E-state index contributed by atoms with van der Waals surface area (Å²) in [7, 11) is 0. The molecule has 1 aliphatic heterocycles. The average Bonchev–Trinajstić information content (AvgIpc) is 3.26. The van der Waals surface area contributed by atoms with Crippen molar-refractivity contribution < 1.29 is 22.8 Å². The fourth-order valence-corrected chi connectivity index (χ4v) is 4.87. The number of aromatic nitrogens is 1. The van der Waals surface area contributed by atoms with Crippen LogP contribution in [0.1, 0.15) is 19.5 Å². The molecule has 11 heteroatoms. The molecule has 1 aromatic heterocycles. The molecule has 1 aliphatic rings. The third-order valence-corrected chi connectivity index (χ3v) is 7.05. The molecule has 0 N–H and O–H groups in total. The number of carbonyl (C=O) groups is 2. The van der Waals surface area contributed by atoms with Crippen LogP contribution in [0.3, 0.4) is 0 Å². The Hall–Kier alpha value is -2.56. The van der Waals surface area contributed by atoms with Gasteiger partial charge in [0.2, 0.25) is 0 Å². The molecule has 33 heavy (non-hydrogen) atoms. The number of hydrogen-bond donors (Lipinski definition) is 0. The number of nitrogens with zero attached hydrogens (tertiary/aromatic N) is 3. The van der Waals surface area contributed by atoms with Gasteiger partial charge >= 0.3 is 11.5 Å². The van der Waals surface area contributed by atoms with Crippen LogP contribution in [-0.4, -0.2) is 32.9 Å². The van der Waals surface area contributed by atoms with Gasteiger partial charge < -0.3 is 4.90 Å². The van der Waals surface area contributed by atoms with Crippen molar-refractivity contribution in [1.29, 1.82) is 0 Å². The summed E-state index contributed by atoms with van der Waals surface area (Å²) in [6.07, 6.45) is 0. The van der Waals surface area contributed by atoms with E-state index in [0.29, 0.717) is 10.7 Å². The van der Waals surface area contributed by atoms with Crippen molar-refractivity contribution in [1.82, 2.24) is 9.88 Å². The number of rotatable bonds is 5. The van der Waals surface area contributed by atoms with Gasteiger partial charge in [0.05, 0.1) is 17.9 Å². The minimum Gasteiger partial charge on any atom is -0.304 e. The van der Waals surface area contributed by atoms with E-state index in [0.717, 1.165) is 15.5 Å². The van der Waals surface area contributed by atoms with E-state index in [-0.39, 0.29) is 28.9 Å². The van der Waals surface area contributed by atoms with E-state index < -0.39 is 23.0 Å². The van der Waals surface area contributed by atoms with E-state index in [1.807, 2.05) is 17.5 Å². The average molecular weight is 512 g/mol. The van der Waals surface area contributed by atoms with Crippen LogP contribution in [0.2, 0.25) is 5.02 Å². The van der Waals surface area contributed by atoms with Gasteiger partial charge in [0.1, 0.15) is 10.5 Å². The normalized spacial score (nSPS) is 16.1. The van der Waals surface area contributed by atoms with Crippen molar-refractivity contribution >= 4 is 52.3 Å². The highest BCUT2D eigenvalue weighted by Crippen LogP contribution is 2.39. The number of amides is 3. The quantitative estimate of drug-likeness (QED) is 0.278. The summed E-state index contributed by atoms with van der Waals surface area (Å²) >= 11 is 7.09. The van der Waals surface area contributed by atoms with Crippen LogP contribution in [0, 0.1) is 0 Å². The maximum absolute atomic E-state index is 13.2. The smallest absolute Gasteiger partial charge is 0.304 e. The molecule has 3 amide bonds. The van der Waals surface area contributed by atoms with E-state index in [2.05, 4.69) is 4.98 Å². The molecular formula is C22H17ClF3N3O2S2. The van der Waals surface area contributed by atoms with Crippen molar-refractivity contribution in [3.63, 3.8) is 0 Å². The molecule has 2 aromatic carbocycles. The lowest BCUT2D eigenvalue weighted by atomic mass is 10.0. The second-order valence-electron chi connectivity index (χ2n) is 7.76. The van der Waals surface area contributed by atoms with Crippen LogP contribution >= 0.6 is 34.7 Å². The number of urea groups is 1. The number of halogens is 4. The van der Waals surface area contributed by atoms with E-state index in [9.17, 15) is 22.8 Å². The van der Waals surface area contributed by atoms with Crippen LogP contribution in [-0.2, 0) is 11.3 Å². The zero-order chi connectivity index (χ0) is 24.0. The van der Waals surface area contributed by atoms with Gasteiger partial charge in [0.25, 0.3) is 5.91 Å². The number of benzene rings is 2. The summed E-state index contributed by atoms with van der Waals surface area (Å²) < 4.78 is 37.7. The molecular weight excluding hydrogens is 495 g/mol. The largest absolute Gasteiger partial charge is 0.446 e. The first-order valence-corrected chi connectivity index (χ1v) is 11.8. The highest BCUT2D eigenvalue weighted by molar-refractivity contribution is 8.00. The fourth-order valence-electron chi connectivity index (χ4n) is 3.39. The van der Waals surface area contributed by atoms with Crippen molar-refractivity contribution in [2.45, 2.75) is 36.3 Å². The third-order valence-electron chi connectivity index (χ3n) is 5.11. The molecule has 1 fully saturated rings. The minimum absolute atomic E-state index is 0.0290. The molecule has 3 aromatic rings. The lowest BCUT2D eigenvalue weighted by Gasteiger charge is -2.26. The summed E-state index contributed by atoms with van der Waals surface area (Å²) in [6, 6.07) is 11.8. The fraction of sp³-hybridized carbons (Fsp3) is 0.227. The third kappa shape index (κ3) is 4.87. The minimum atomic E-state index is -4.42. The van der Waals surface area contributed by atoms with Gasteiger partial charge in [-0.25, -0.2) is 14.7 Å². The Labute approximate surface area is 201 Å². The number of carbonyl (C=O) groups excluding carboxylic acids is 2. The van der Waals surface area contributed by atoms with E-state index >= 15 is 0 Å².